The van der Waals surface area contributed by atoms with E-state index in [1.807, 2.05) is 53.7 Å². The molecule has 0 heterocycles. The highest BCUT2D eigenvalue weighted by Gasteiger charge is 2.36. The Hall–Kier alpha value is -0.870. The monoisotopic (exact) mass is 326 g/mol. The van der Waals surface area contributed by atoms with Gasteiger partial charge in [0.25, 0.3) is 10.1 Å². The Morgan fingerprint density at radius 2 is 1.09 bits per heavy atom. The van der Waals surface area contributed by atoms with E-state index < -0.39 is 15.5 Å². The molecule has 1 aromatic carbocycles. The molecular weight excluding hydrogens is 296 g/mol. The fraction of sp³-hybridized carbons (Fsp3) is 0.667. The fourth-order valence-electron chi connectivity index (χ4n) is 2.81. The molecule has 1 rings (SSSR count). The minimum Gasteiger partial charge on any atom is -0.282 e. The summed E-state index contributed by atoms with van der Waals surface area (Å²) in [5, 5.41) is 0. The van der Waals surface area contributed by atoms with E-state index >= 15 is 0 Å². The van der Waals surface area contributed by atoms with Crippen LogP contribution in [0.2, 0.25) is 0 Å². The molecular formula is C18H30O3S. The van der Waals surface area contributed by atoms with Gasteiger partial charge >= 0.3 is 0 Å². The summed E-state index contributed by atoms with van der Waals surface area (Å²) in [6.07, 6.45) is 0. The van der Waals surface area contributed by atoms with E-state index in [9.17, 15) is 13.0 Å². The minimum absolute atomic E-state index is 0.0833. The van der Waals surface area contributed by atoms with Crippen LogP contribution in [0.4, 0.5) is 0 Å². The maximum atomic E-state index is 12.2. The van der Waals surface area contributed by atoms with Gasteiger partial charge in [-0.25, -0.2) is 0 Å². The van der Waals surface area contributed by atoms with Crippen LogP contribution >= 0.6 is 0 Å². The minimum atomic E-state index is -4.31. The summed E-state index contributed by atoms with van der Waals surface area (Å²) < 4.78 is 34.3. The zero-order chi connectivity index (χ0) is 17.7. The van der Waals surface area contributed by atoms with Gasteiger partial charge in [0.2, 0.25) is 0 Å². The van der Waals surface area contributed by atoms with Crippen molar-refractivity contribution in [1.29, 1.82) is 0 Å². The van der Waals surface area contributed by atoms with E-state index in [0.717, 1.165) is 11.1 Å². The van der Waals surface area contributed by atoms with Crippen LogP contribution in [0.25, 0.3) is 0 Å². The van der Waals surface area contributed by atoms with Crippen molar-refractivity contribution in [1.82, 2.24) is 0 Å². The molecule has 0 amide bonds. The summed E-state index contributed by atoms with van der Waals surface area (Å²) in [4.78, 5) is 0.0833. The number of hydrogen-bond donors (Lipinski definition) is 1. The first-order valence-electron chi connectivity index (χ1n) is 7.63. The molecule has 0 unspecified atom stereocenters. The first-order chi connectivity index (χ1) is 9.47. The summed E-state index contributed by atoms with van der Waals surface area (Å²) in [5.41, 5.74) is 1.36. The van der Waals surface area contributed by atoms with Crippen molar-refractivity contribution in [3.8, 4) is 0 Å². The third-order valence-corrected chi connectivity index (χ3v) is 4.72. The maximum Gasteiger partial charge on any atom is 0.295 e. The zero-order valence-electron chi connectivity index (χ0n) is 15.3. The molecule has 0 atom stereocenters. The van der Waals surface area contributed by atoms with Gasteiger partial charge < -0.3 is 0 Å². The molecule has 0 aromatic heterocycles. The molecule has 0 aliphatic heterocycles. The summed E-state index contributed by atoms with van der Waals surface area (Å²) in [7, 11) is -4.31. The fourth-order valence-corrected chi connectivity index (χ4v) is 4.14. The van der Waals surface area contributed by atoms with Crippen LogP contribution in [0.1, 0.15) is 79.0 Å². The van der Waals surface area contributed by atoms with Crippen LogP contribution in [0.15, 0.2) is 17.0 Å². The lowest BCUT2D eigenvalue weighted by molar-refractivity contribution is 0.459. The van der Waals surface area contributed by atoms with Gasteiger partial charge in [-0.3, -0.25) is 4.55 Å². The van der Waals surface area contributed by atoms with E-state index in [1.54, 1.807) is 0 Å². The van der Waals surface area contributed by atoms with Crippen molar-refractivity contribution >= 4 is 10.1 Å². The average Bonchev–Trinajstić information content (AvgIpc) is 2.22. The average molecular weight is 327 g/mol. The first-order valence-corrected chi connectivity index (χ1v) is 9.07. The molecule has 0 radical (unpaired) electrons. The third kappa shape index (κ3) is 3.90. The van der Waals surface area contributed by atoms with Crippen molar-refractivity contribution in [2.24, 2.45) is 0 Å². The van der Waals surface area contributed by atoms with Crippen LogP contribution in [-0.4, -0.2) is 13.0 Å². The van der Waals surface area contributed by atoms with Crippen LogP contribution < -0.4 is 0 Å². The quantitative estimate of drug-likeness (QED) is 0.752. The molecule has 4 heteroatoms. The second-order valence-electron chi connectivity index (χ2n) is 9.09. The Balaban J connectivity index is 4.11. The SMILES string of the molecule is CC(C)(C)c1ccc(C(C)(C)C)c(S(=O)(=O)O)c1C(C)(C)C. The highest BCUT2D eigenvalue weighted by Crippen LogP contribution is 2.42. The Bertz CT molecular complexity index is 664. The highest BCUT2D eigenvalue weighted by molar-refractivity contribution is 7.86. The summed E-state index contributed by atoms with van der Waals surface area (Å²) in [6.45, 7) is 18.0. The molecule has 0 aliphatic carbocycles. The van der Waals surface area contributed by atoms with Crippen LogP contribution in [0.5, 0.6) is 0 Å². The van der Waals surface area contributed by atoms with Gasteiger partial charge in [0, 0.05) is 0 Å². The van der Waals surface area contributed by atoms with Crippen molar-refractivity contribution in [2.75, 3.05) is 0 Å². The van der Waals surface area contributed by atoms with Gasteiger partial charge in [0.15, 0.2) is 0 Å². The summed E-state index contributed by atoms with van der Waals surface area (Å²) >= 11 is 0. The predicted octanol–water partition coefficient (Wildman–Crippen LogP) is 4.83. The van der Waals surface area contributed by atoms with Crippen molar-refractivity contribution in [2.45, 2.75) is 83.5 Å². The van der Waals surface area contributed by atoms with Crippen LogP contribution in [-0.2, 0) is 26.4 Å². The Morgan fingerprint density at radius 1 is 0.727 bits per heavy atom. The topological polar surface area (TPSA) is 54.4 Å². The van der Waals surface area contributed by atoms with Crippen LogP contribution in [0.3, 0.4) is 0 Å². The molecule has 0 fully saturated rings. The van der Waals surface area contributed by atoms with Gasteiger partial charge in [-0.2, -0.15) is 8.42 Å². The predicted molar refractivity (Wildman–Crippen MR) is 92.4 cm³/mol. The Kier molecular flexibility index (Phi) is 4.66. The van der Waals surface area contributed by atoms with E-state index in [-0.39, 0.29) is 15.7 Å². The van der Waals surface area contributed by atoms with E-state index in [0.29, 0.717) is 5.56 Å². The van der Waals surface area contributed by atoms with Crippen molar-refractivity contribution in [3.05, 3.63) is 28.8 Å². The zero-order valence-corrected chi connectivity index (χ0v) is 16.1. The third-order valence-electron chi connectivity index (χ3n) is 3.78. The molecule has 1 N–H and O–H groups in total. The van der Waals surface area contributed by atoms with E-state index in [4.69, 9.17) is 0 Å². The molecule has 0 bridgehead atoms. The number of rotatable bonds is 1. The second kappa shape index (κ2) is 5.34. The summed E-state index contributed by atoms with van der Waals surface area (Å²) in [6, 6.07) is 3.86. The molecule has 0 saturated carbocycles. The van der Waals surface area contributed by atoms with Gasteiger partial charge in [-0.1, -0.05) is 74.4 Å². The Morgan fingerprint density at radius 3 is 1.36 bits per heavy atom. The summed E-state index contributed by atoms with van der Waals surface area (Å²) in [5.74, 6) is 0. The lowest BCUT2D eigenvalue weighted by atomic mass is 9.72. The lowest BCUT2D eigenvalue weighted by Crippen LogP contribution is -2.28. The maximum absolute atomic E-state index is 12.2. The van der Waals surface area contributed by atoms with E-state index in [1.165, 1.54) is 0 Å². The van der Waals surface area contributed by atoms with Crippen molar-refractivity contribution < 1.29 is 13.0 Å². The molecule has 22 heavy (non-hydrogen) atoms. The first kappa shape index (κ1) is 19.2. The standard InChI is InChI=1S/C18H30O3S/c1-16(2,3)12-10-11-13(17(4,5)6)15(22(19,20)21)14(12)18(7,8)9/h10-11H,1-9H3,(H,19,20,21). The second-order valence-corrected chi connectivity index (χ2v) is 10.4. The molecule has 0 aliphatic rings. The van der Waals surface area contributed by atoms with Gasteiger partial charge in [-0.15, -0.1) is 0 Å². The largest absolute Gasteiger partial charge is 0.295 e. The Labute approximate surface area is 135 Å². The van der Waals surface area contributed by atoms with Gasteiger partial charge in [0.1, 0.15) is 4.90 Å². The van der Waals surface area contributed by atoms with Gasteiger partial charge in [-0.05, 0) is 32.9 Å². The lowest BCUT2D eigenvalue weighted by Gasteiger charge is -2.34. The number of benzene rings is 1. The normalized spacial score (nSPS) is 14.3. The van der Waals surface area contributed by atoms with Crippen LogP contribution in [0, 0.1) is 0 Å². The number of hydrogen-bond acceptors (Lipinski definition) is 2. The van der Waals surface area contributed by atoms with E-state index in [2.05, 4.69) is 20.8 Å². The molecule has 3 nitrogen and oxygen atoms in total. The molecule has 1 aromatic rings. The van der Waals surface area contributed by atoms with Crippen molar-refractivity contribution in [3.63, 3.8) is 0 Å². The smallest absolute Gasteiger partial charge is 0.282 e. The highest BCUT2D eigenvalue weighted by atomic mass is 32.2. The molecule has 126 valence electrons. The molecule has 0 spiro atoms. The molecule has 0 saturated heterocycles. The van der Waals surface area contributed by atoms with Gasteiger partial charge in [0.05, 0.1) is 0 Å².